The van der Waals surface area contributed by atoms with Gasteiger partial charge in [0, 0.05) is 19.0 Å². The molecule has 0 N–H and O–H groups in total. The van der Waals surface area contributed by atoms with Crippen molar-refractivity contribution in [2.24, 2.45) is 5.92 Å². The number of methoxy groups -OCH3 is 3. The van der Waals surface area contributed by atoms with Gasteiger partial charge in [-0.15, -0.1) is 0 Å². The second-order valence-corrected chi connectivity index (χ2v) is 4.47. The van der Waals surface area contributed by atoms with Crippen molar-refractivity contribution < 1.29 is 23.8 Å². The minimum atomic E-state index is -0.441. The third-order valence-corrected chi connectivity index (χ3v) is 3.34. The first kappa shape index (κ1) is 14.2. The van der Waals surface area contributed by atoms with Gasteiger partial charge in [0.1, 0.15) is 11.5 Å². The Hall–Kier alpha value is -2.24. The average molecular weight is 279 g/mol. The zero-order chi connectivity index (χ0) is 14.7. The Kier molecular flexibility index (Phi) is 4.12. The summed E-state index contributed by atoms with van der Waals surface area (Å²) in [7, 11) is 4.40. The highest BCUT2D eigenvalue weighted by Crippen LogP contribution is 2.36. The van der Waals surface area contributed by atoms with E-state index in [1.807, 2.05) is 0 Å². The molecule has 0 unspecified atom stereocenters. The van der Waals surface area contributed by atoms with Gasteiger partial charge in [0.05, 0.1) is 32.9 Å². The molecule has 1 aromatic carbocycles. The van der Waals surface area contributed by atoms with E-state index in [1.165, 1.54) is 19.1 Å². The van der Waals surface area contributed by atoms with E-state index in [-0.39, 0.29) is 24.8 Å². The SMILES string of the molecule is COC(=O)[C@@H]1CC(=O)N(c2cc(OC)ccc2OC)C1. The number of hydrogen-bond acceptors (Lipinski definition) is 5. The zero-order valence-electron chi connectivity index (χ0n) is 11.7. The van der Waals surface area contributed by atoms with E-state index >= 15 is 0 Å². The Morgan fingerprint density at radius 1 is 1.25 bits per heavy atom. The van der Waals surface area contributed by atoms with Crippen molar-refractivity contribution in [1.82, 2.24) is 0 Å². The van der Waals surface area contributed by atoms with Crippen LogP contribution in [0.4, 0.5) is 5.69 Å². The van der Waals surface area contributed by atoms with E-state index in [0.29, 0.717) is 17.2 Å². The first-order chi connectivity index (χ1) is 9.60. The fourth-order valence-corrected chi connectivity index (χ4v) is 2.27. The number of nitrogens with zero attached hydrogens (tertiary/aromatic N) is 1. The number of rotatable bonds is 4. The van der Waals surface area contributed by atoms with Gasteiger partial charge in [0.25, 0.3) is 0 Å². The highest BCUT2D eigenvalue weighted by atomic mass is 16.5. The molecule has 1 aliphatic rings. The second-order valence-electron chi connectivity index (χ2n) is 4.47. The molecule has 1 aromatic rings. The Bertz CT molecular complexity index is 528. The smallest absolute Gasteiger partial charge is 0.311 e. The van der Waals surface area contributed by atoms with Crippen molar-refractivity contribution in [1.29, 1.82) is 0 Å². The Morgan fingerprint density at radius 2 is 2.00 bits per heavy atom. The molecule has 6 heteroatoms. The molecule has 2 rings (SSSR count). The molecule has 0 spiro atoms. The summed E-state index contributed by atoms with van der Waals surface area (Å²) < 4.78 is 15.1. The van der Waals surface area contributed by atoms with Gasteiger partial charge in [-0.2, -0.15) is 0 Å². The summed E-state index contributed by atoms with van der Waals surface area (Å²) in [5.41, 5.74) is 0.600. The number of hydrogen-bond donors (Lipinski definition) is 0. The van der Waals surface area contributed by atoms with Crippen LogP contribution in [0.2, 0.25) is 0 Å². The van der Waals surface area contributed by atoms with Crippen LogP contribution in [0.5, 0.6) is 11.5 Å². The van der Waals surface area contributed by atoms with Gasteiger partial charge in [-0.25, -0.2) is 0 Å². The Labute approximate surface area is 117 Å². The lowest BCUT2D eigenvalue weighted by Gasteiger charge is -2.20. The van der Waals surface area contributed by atoms with Crippen molar-refractivity contribution in [2.75, 3.05) is 32.8 Å². The normalized spacial score (nSPS) is 18.1. The van der Waals surface area contributed by atoms with Gasteiger partial charge in [0.15, 0.2) is 0 Å². The molecule has 1 amide bonds. The van der Waals surface area contributed by atoms with Gasteiger partial charge in [0.2, 0.25) is 5.91 Å². The lowest BCUT2D eigenvalue weighted by Crippen LogP contribution is -2.26. The highest BCUT2D eigenvalue weighted by molar-refractivity contribution is 6.00. The van der Waals surface area contributed by atoms with Crippen LogP contribution in [0.3, 0.4) is 0 Å². The summed E-state index contributed by atoms with van der Waals surface area (Å²) in [5.74, 6) is 0.234. The monoisotopic (exact) mass is 279 g/mol. The zero-order valence-corrected chi connectivity index (χ0v) is 11.7. The molecule has 108 valence electrons. The number of ether oxygens (including phenoxy) is 3. The molecule has 0 aliphatic carbocycles. The quantitative estimate of drug-likeness (QED) is 0.776. The maximum Gasteiger partial charge on any atom is 0.311 e. The third-order valence-electron chi connectivity index (χ3n) is 3.34. The van der Waals surface area contributed by atoms with E-state index in [4.69, 9.17) is 14.2 Å². The number of anilines is 1. The van der Waals surface area contributed by atoms with E-state index in [0.717, 1.165) is 0 Å². The molecule has 1 heterocycles. The summed E-state index contributed by atoms with van der Waals surface area (Å²) in [4.78, 5) is 25.2. The van der Waals surface area contributed by atoms with Crippen molar-refractivity contribution in [3.8, 4) is 11.5 Å². The summed E-state index contributed by atoms with van der Waals surface area (Å²) in [6.07, 6.45) is 0.146. The molecule has 0 radical (unpaired) electrons. The van der Waals surface area contributed by atoms with Crippen molar-refractivity contribution in [3.05, 3.63) is 18.2 Å². The number of carbonyl (C=O) groups excluding carboxylic acids is 2. The molecule has 6 nitrogen and oxygen atoms in total. The molecule has 0 aromatic heterocycles. The van der Waals surface area contributed by atoms with E-state index in [1.54, 1.807) is 25.3 Å². The van der Waals surface area contributed by atoms with Crippen LogP contribution in [0.25, 0.3) is 0 Å². The van der Waals surface area contributed by atoms with Crippen LogP contribution in [-0.4, -0.2) is 39.8 Å². The standard InChI is InChI=1S/C14H17NO5/c1-18-10-4-5-12(19-2)11(7-10)15-8-9(6-13(15)16)14(17)20-3/h4-5,7,9H,6,8H2,1-3H3/t9-/m1/s1. The molecule has 0 saturated carbocycles. The van der Waals surface area contributed by atoms with Crippen LogP contribution < -0.4 is 14.4 Å². The first-order valence-electron chi connectivity index (χ1n) is 6.21. The molecule has 1 saturated heterocycles. The maximum absolute atomic E-state index is 12.1. The fourth-order valence-electron chi connectivity index (χ4n) is 2.27. The minimum Gasteiger partial charge on any atom is -0.497 e. The molecule has 1 atom stereocenters. The predicted octanol–water partition coefficient (Wildman–Crippen LogP) is 1.23. The number of esters is 1. The molecule has 20 heavy (non-hydrogen) atoms. The maximum atomic E-state index is 12.1. The predicted molar refractivity (Wildman–Crippen MR) is 72.0 cm³/mol. The van der Waals surface area contributed by atoms with Crippen molar-refractivity contribution in [3.63, 3.8) is 0 Å². The van der Waals surface area contributed by atoms with E-state index in [9.17, 15) is 9.59 Å². The van der Waals surface area contributed by atoms with Crippen molar-refractivity contribution in [2.45, 2.75) is 6.42 Å². The molecular formula is C14H17NO5. The minimum absolute atomic E-state index is 0.132. The fraction of sp³-hybridized carbons (Fsp3) is 0.429. The molecule has 1 aliphatic heterocycles. The second kappa shape index (κ2) is 5.81. The third kappa shape index (κ3) is 2.54. The average Bonchev–Trinajstić information content (AvgIpc) is 2.87. The van der Waals surface area contributed by atoms with E-state index in [2.05, 4.69) is 0 Å². The summed E-state index contributed by atoms with van der Waals surface area (Å²) in [5, 5.41) is 0. The van der Waals surface area contributed by atoms with Crippen LogP contribution in [0.15, 0.2) is 18.2 Å². The largest absolute Gasteiger partial charge is 0.497 e. The lowest BCUT2D eigenvalue weighted by molar-refractivity contribution is -0.145. The molecular weight excluding hydrogens is 262 g/mol. The van der Waals surface area contributed by atoms with Gasteiger partial charge in [-0.1, -0.05) is 0 Å². The van der Waals surface area contributed by atoms with Crippen LogP contribution in [0.1, 0.15) is 6.42 Å². The Morgan fingerprint density at radius 3 is 2.60 bits per heavy atom. The van der Waals surface area contributed by atoms with Crippen molar-refractivity contribution >= 4 is 17.6 Å². The van der Waals surface area contributed by atoms with Gasteiger partial charge < -0.3 is 19.1 Å². The van der Waals surface area contributed by atoms with Gasteiger partial charge in [-0.05, 0) is 12.1 Å². The van der Waals surface area contributed by atoms with Gasteiger partial charge >= 0.3 is 5.97 Å². The highest BCUT2D eigenvalue weighted by Gasteiger charge is 2.37. The lowest BCUT2D eigenvalue weighted by atomic mass is 10.1. The first-order valence-corrected chi connectivity index (χ1v) is 6.21. The number of amides is 1. The van der Waals surface area contributed by atoms with Crippen LogP contribution in [0, 0.1) is 5.92 Å². The summed E-state index contributed by atoms with van der Waals surface area (Å²) in [6, 6.07) is 5.20. The van der Waals surface area contributed by atoms with Crippen LogP contribution >= 0.6 is 0 Å². The molecule has 0 bridgehead atoms. The summed E-state index contributed by atoms with van der Waals surface area (Å²) >= 11 is 0. The number of carbonyl (C=O) groups is 2. The van der Waals surface area contributed by atoms with Crippen LogP contribution in [-0.2, 0) is 14.3 Å². The van der Waals surface area contributed by atoms with Gasteiger partial charge in [-0.3, -0.25) is 9.59 Å². The number of benzene rings is 1. The van der Waals surface area contributed by atoms with E-state index < -0.39 is 5.92 Å². The topological polar surface area (TPSA) is 65.1 Å². The molecule has 1 fully saturated rings. The summed E-state index contributed by atoms with van der Waals surface area (Å²) in [6.45, 7) is 0.287. The Balaban J connectivity index is 2.31.